The highest BCUT2D eigenvalue weighted by molar-refractivity contribution is 5.99. The van der Waals surface area contributed by atoms with Gasteiger partial charge in [-0.05, 0) is 19.9 Å². The van der Waals surface area contributed by atoms with Crippen molar-refractivity contribution in [3.8, 4) is 0 Å². The molecular formula is C23H24N4O3. The maximum Gasteiger partial charge on any atom is 0.290 e. The van der Waals surface area contributed by atoms with Crippen molar-refractivity contribution < 1.29 is 14.0 Å². The van der Waals surface area contributed by atoms with Crippen LogP contribution in [0.15, 0.2) is 47.0 Å². The molecule has 0 spiro atoms. The average Bonchev–Trinajstić information content (AvgIpc) is 3.47. The van der Waals surface area contributed by atoms with Crippen molar-refractivity contribution in [3.05, 3.63) is 65.5 Å². The third kappa shape index (κ3) is 3.01. The van der Waals surface area contributed by atoms with E-state index in [4.69, 9.17) is 9.40 Å². The number of fused-ring (bicyclic) bond motifs is 2. The highest BCUT2D eigenvalue weighted by Gasteiger charge is 2.33. The van der Waals surface area contributed by atoms with Gasteiger partial charge in [-0.15, -0.1) is 0 Å². The largest absolute Gasteiger partial charge is 0.451 e. The van der Waals surface area contributed by atoms with Crippen LogP contribution in [0.25, 0.3) is 11.0 Å². The first-order chi connectivity index (χ1) is 14.5. The smallest absolute Gasteiger partial charge is 0.290 e. The van der Waals surface area contributed by atoms with Crippen molar-refractivity contribution in [1.29, 1.82) is 0 Å². The Labute approximate surface area is 174 Å². The molecule has 4 heterocycles. The van der Waals surface area contributed by atoms with Crippen molar-refractivity contribution in [2.75, 3.05) is 19.6 Å². The zero-order chi connectivity index (χ0) is 20.8. The highest BCUT2D eigenvalue weighted by Crippen LogP contribution is 2.31. The average molecular weight is 404 g/mol. The summed E-state index contributed by atoms with van der Waals surface area (Å²) in [7, 11) is 0. The van der Waals surface area contributed by atoms with Crippen LogP contribution in [0.4, 0.5) is 0 Å². The molecule has 5 rings (SSSR count). The summed E-state index contributed by atoms with van der Waals surface area (Å²) >= 11 is 0. The highest BCUT2D eigenvalue weighted by atomic mass is 16.3. The van der Waals surface area contributed by atoms with Crippen molar-refractivity contribution in [2.45, 2.75) is 32.9 Å². The van der Waals surface area contributed by atoms with Crippen molar-refractivity contribution in [3.63, 3.8) is 0 Å². The molecule has 0 N–H and O–H groups in total. The Morgan fingerprint density at radius 3 is 2.70 bits per heavy atom. The van der Waals surface area contributed by atoms with E-state index in [1.54, 1.807) is 0 Å². The molecule has 3 aromatic rings. The number of carbonyl (C=O) groups is 2. The topological polar surface area (TPSA) is 71.6 Å². The minimum Gasteiger partial charge on any atom is -0.451 e. The Morgan fingerprint density at radius 1 is 1.17 bits per heavy atom. The van der Waals surface area contributed by atoms with Gasteiger partial charge in [0.1, 0.15) is 11.4 Å². The van der Waals surface area contributed by atoms with E-state index in [0.29, 0.717) is 31.9 Å². The van der Waals surface area contributed by atoms with E-state index < -0.39 is 0 Å². The first-order valence-electron chi connectivity index (χ1n) is 10.3. The van der Waals surface area contributed by atoms with Gasteiger partial charge in [0.05, 0.1) is 18.2 Å². The number of nitrogens with zero attached hydrogens (tertiary/aromatic N) is 4. The Balaban J connectivity index is 1.37. The summed E-state index contributed by atoms with van der Waals surface area (Å²) in [6, 6.07) is 7.50. The number of aromatic nitrogens is 2. The van der Waals surface area contributed by atoms with E-state index in [-0.39, 0.29) is 24.3 Å². The summed E-state index contributed by atoms with van der Waals surface area (Å²) in [4.78, 5) is 34.1. The number of rotatable bonds is 3. The van der Waals surface area contributed by atoms with Crippen molar-refractivity contribution in [1.82, 2.24) is 19.4 Å². The lowest BCUT2D eigenvalue weighted by molar-refractivity contribution is -0.129. The molecule has 7 nitrogen and oxygen atoms in total. The van der Waals surface area contributed by atoms with Crippen LogP contribution < -0.4 is 0 Å². The van der Waals surface area contributed by atoms with Gasteiger partial charge in [0.2, 0.25) is 5.91 Å². The number of para-hydroxylation sites is 1. The fourth-order valence-electron chi connectivity index (χ4n) is 4.37. The first kappa shape index (κ1) is 18.7. The van der Waals surface area contributed by atoms with E-state index in [0.717, 1.165) is 28.1 Å². The van der Waals surface area contributed by atoms with Crippen LogP contribution in [0.2, 0.25) is 0 Å². The molecule has 2 aromatic heterocycles. The second-order valence-electron chi connectivity index (χ2n) is 7.96. The molecule has 0 radical (unpaired) electrons. The molecule has 30 heavy (non-hydrogen) atoms. The molecule has 2 amide bonds. The summed E-state index contributed by atoms with van der Waals surface area (Å²) in [6.45, 7) is 6.46. The number of aryl methyl sites for hydroxylation is 1. The Bertz CT molecular complexity index is 1160. The van der Waals surface area contributed by atoms with Gasteiger partial charge in [-0.2, -0.15) is 0 Å². The van der Waals surface area contributed by atoms with Gasteiger partial charge in [-0.25, -0.2) is 4.98 Å². The van der Waals surface area contributed by atoms with Crippen LogP contribution in [0.3, 0.4) is 0 Å². The number of furan rings is 1. The normalized spacial score (nSPS) is 18.3. The Morgan fingerprint density at radius 2 is 1.93 bits per heavy atom. The predicted molar refractivity (Wildman–Crippen MR) is 112 cm³/mol. The standard InChI is InChI=1S/C23H24N4O3/c1-15-18-7-3-4-8-19(18)30-21(15)23(29)27-12-11-26-14-17(24-22(26)16(27)2)13-20(28)25-9-5-6-10-25/h3-8,14,16H,9-13H2,1-2H3/t16-/m1/s1. The van der Waals surface area contributed by atoms with Gasteiger partial charge in [-0.3, -0.25) is 9.59 Å². The SMILES string of the molecule is Cc1c(C(=O)N2CCn3cc(CC(=O)N4CC=CC4)nc3[C@H]2C)oc2ccccc12. The quantitative estimate of drug-likeness (QED) is 0.629. The number of hydrogen-bond acceptors (Lipinski definition) is 4. The van der Waals surface area contributed by atoms with Gasteiger partial charge in [0.15, 0.2) is 5.76 Å². The van der Waals surface area contributed by atoms with Crippen LogP contribution in [0.5, 0.6) is 0 Å². The molecule has 1 atom stereocenters. The van der Waals surface area contributed by atoms with Crippen LogP contribution in [0, 0.1) is 6.92 Å². The first-order valence-corrected chi connectivity index (χ1v) is 10.3. The van der Waals surface area contributed by atoms with E-state index in [9.17, 15) is 9.59 Å². The molecule has 1 aromatic carbocycles. The fourth-order valence-corrected chi connectivity index (χ4v) is 4.37. The van der Waals surface area contributed by atoms with Crippen LogP contribution in [0.1, 0.15) is 40.6 Å². The molecule has 0 unspecified atom stereocenters. The predicted octanol–water partition coefficient (Wildman–Crippen LogP) is 3.10. The summed E-state index contributed by atoms with van der Waals surface area (Å²) in [5.41, 5.74) is 2.34. The molecular weight excluding hydrogens is 380 g/mol. The molecule has 7 heteroatoms. The maximum atomic E-state index is 13.3. The number of hydrogen-bond donors (Lipinski definition) is 0. The zero-order valence-corrected chi connectivity index (χ0v) is 17.2. The van der Waals surface area contributed by atoms with E-state index in [1.165, 1.54) is 0 Å². The van der Waals surface area contributed by atoms with E-state index >= 15 is 0 Å². The van der Waals surface area contributed by atoms with Crippen LogP contribution in [-0.2, 0) is 17.8 Å². The lowest BCUT2D eigenvalue weighted by Gasteiger charge is -2.33. The second kappa shape index (κ2) is 7.16. The van der Waals surface area contributed by atoms with Crippen molar-refractivity contribution >= 4 is 22.8 Å². The van der Waals surface area contributed by atoms with E-state index in [2.05, 4.69) is 4.57 Å². The second-order valence-corrected chi connectivity index (χ2v) is 7.96. The Hall–Kier alpha value is -3.35. The van der Waals surface area contributed by atoms with Crippen LogP contribution >= 0.6 is 0 Å². The van der Waals surface area contributed by atoms with Crippen molar-refractivity contribution in [2.24, 2.45) is 0 Å². The summed E-state index contributed by atoms with van der Waals surface area (Å²) < 4.78 is 7.95. The minimum absolute atomic E-state index is 0.0777. The number of carbonyl (C=O) groups excluding carboxylic acids is 2. The zero-order valence-electron chi connectivity index (χ0n) is 17.2. The number of imidazole rings is 1. The van der Waals surface area contributed by atoms with Crippen LogP contribution in [-0.4, -0.2) is 50.8 Å². The summed E-state index contributed by atoms with van der Waals surface area (Å²) in [6.07, 6.45) is 6.23. The molecule has 0 saturated carbocycles. The number of benzene rings is 1. The molecule has 0 bridgehead atoms. The van der Waals surface area contributed by atoms with Gasteiger partial charge in [-0.1, -0.05) is 30.4 Å². The molecule has 0 aliphatic carbocycles. The molecule has 0 fully saturated rings. The van der Waals surface area contributed by atoms with Gasteiger partial charge >= 0.3 is 0 Å². The molecule has 2 aliphatic rings. The third-order valence-corrected chi connectivity index (χ3v) is 6.08. The lowest BCUT2D eigenvalue weighted by Crippen LogP contribution is -2.41. The minimum atomic E-state index is -0.198. The monoisotopic (exact) mass is 404 g/mol. The third-order valence-electron chi connectivity index (χ3n) is 6.08. The fraction of sp³-hybridized carbons (Fsp3) is 0.348. The van der Waals surface area contributed by atoms with Gasteiger partial charge in [0, 0.05) is 43.3 Å². The summed E-state index contributed by atoms with van der Waals surface area (Å²) in [5, 5.41) is 0.962. The van der Waals surface area contributed by atoms with E-state index in [1.807, 2.05) is 66.3 Å². The summed E-state index contributed by atoms with van der Waals surface area (Å²) in [5.74, 6) is 1.16. The lowest BCUT2D eigenvalue weighted by atomic mass is 10.1. The van der Waals surface area contributed by atoms with Gasteiger partial charge in [0.25, 0.3) is 5.91 Å². The molecule has 0 saturated heterocycles. The maximum absolute atomic E-state index is 13.3. The Kier molecular flexibility index (Phi) is 4.46. The molecule has 2 aliphatic heterocycles. The molecule has 154 valence electrons. The number of amides is 2. The van der Waals surface area contributed by atoms with Gasteiger partial charge < -0.3 is 18.8 Å².